The fourth-order valence-corrected chi connectivity index (χ4v) is 2.33. The van der Waals surface area contributed by atoms with Gasteiger partial charge in [0.25, 0.3) is 0 Å². The minimum atomic E-state index is 0.353. The van der Waals surface area contributed by atoms with Crippen molar-refractivity contribution in [1.29, 1.82) is 0 Å². The Hall–Kier alpha value is -1.36. The molecule has 0 N–H and O–H groups in total. The molecule has 0 aliphatic rings. The highest BCUT2D eigenvalue weighted by Crippen LogP contribution is 2.34. The number of rotatable bonds is 1. The van der Waals surface area contributed by atoms with E-state index in [0.717, 1.165) is 0 Å². The summed E-state index contributed by atoms with van der Waals surface area (Å²) in [5.41, 5.74) is 1.34. The summed E-state index contributed by atoms with van der Waals surface area (Å²) in [6.07, 6.45) is 2.99. The van der Waals surface area contributed by atoms with Crippen LogP contribution < -0.4 is 0 Å². The summed E-state index contributed by atoms with van der Waals surface area (Å²) < 4.78 is 1.57. The van der Waals surface area contributed by atoms with Crippen LogP contribution in [0.1, 0.15) is 0 Å². The summed E-state index contributed by atoms with van der Waals surface area (Å²) in [4.78, 5) is 8.11. The summed E-state index contributed by atoms with van der Waals surface area (Å²) >= 11 is 18.2. The van der Waals surface area contributed by atoms with Crippen molar-refractivity contribution in [2.24, 2.45) is 0 Å². The first kappa shape index (κ1) is 11.7. The predicted molar refractivity (Wildman–Crippen MR) is 71.7 cm³/mol. The van der Waals surface area contributed by atoms with Gasteiger partial charge in [-0.3, -0.25) is 0 Å². The third-order valence-electron chi connectivity index (χ3n) is 2.48. The van der Waals surface area contributed by atoms with Crippen LogP contribution in [-0.2, 0) is 0 Å². The number of nitrogens with zero attached hydrogens (tertiary/aromatic N) is 4. The van der Waals surface area contributed by atoms with Gasteiger partial charge in [-0.2, -0.15) is 5.10 Å². The fraction of sp³-hybridized carbons (Fsp3) is 0. The molecule has 0 amide bonds. The van der Waals surface area contributed by atoms with Crippen molar-refractivity contribution in [3.8, 4) is 5.69 Å². The fourth-order valence-electron chi connectivity index (χ4n) is 1.72. The Kier molecular flexibility index (Phi) is 2.86. The molecule has 0 fully saturated rings. The highest BCUT2D eigenvalue weighted by Gasteiger charge is 2.13. The Balaban J connectivity index is 2.46. The maximum atomic E-state index is 6.22. The van der Waals surface area contributed by atoms with Crippen LogP contribution in [0.15, 0.2) is 30.9 Å². The van der Waals surface area contributed by atoms with E-state index in [1.54, 1.807) is 29.2 Å². The molecular weight excluding hydrogens is 295 g/mol. The minimum Gasteiger partial charge on any atom is -0.236 e. The first-order chi connectivity index (χ1) is 8.66. The lowest BCUT2D eigenvalue weighted by Gasteiger charge is -2.09. The molecule has 0 atom stereocenters. The van der Waals surface area contributed by atoms with Crippen molar-refractivity contribution < 1.29 is 0 Å². The maximum Gasteiger partial charge on any atom is 0.138 e. The summed E-state index contributed by atoms with van der Waals surface area (Å²) in [5.74, 6) is 0. The lowest BCUT2D eigenvalue weighted by atomic mass is 10.2. The number of hydrogen-bond acceptors (Lipinski definition) is 3. The number of benzene rings is 1. The molecule has 2 aromatic heterocycles. The van der Waals surface area contributed by atoms with Crippen LogP contribution in [0.4, 0.5) is 0 Å². The molecule has 0 aliphatic carbocycles. The molecule has 18 heavy (non-hydrogen) atoms. The number of hydrogen-bond donors (Lipinski definition) is 0. The smallest absolute Gasteiger partial charge is 0.138 e. The van der Waals surface area contributed by atoms with E-state index in [-0.39, 0.29) is 0 Å². The van der Waals surface area contributed by atoms with E-state index in [1.807, 2.05) is 0 Å². The highest BCUT2D eigenvalue weighted by molar-refractivity contribution is 6.45. The van der Waals surface area contributed by atoms with Gasteiger partial charge in [0.1, 0.15) is 17.8 Å². The van der Waals surface area contributed by atoms with Gasteiger partial charge < -0.3 is 0 Å². The number of pyridine rings is 1. The third kappa shape index (κ3) is 1.82. The van der Waals surface area contributed by atoms with E-state index >= 15 is 0 Å². The standard InChI is InChI=1S/C11H5Cl3N4/c12-6-1-2-7-10(11(6)14)8(3-9(13)17-7)18-5-15-4-16-18/h1-5H. The number of fused-ring (bicyclic) bond motifs is 1. The molecular formula is C11H5Cl3N4. The molecule has 3 rings (SSSR count). The SMILES string of the molecule is Clc1cc(-n2cncn2)c2c(Cl)c(Cl)ccc2n1. The van der Waals surface area contributed by atoms with Crippen molar-refractivity contribution in [1.82, 2.24) is 19.7 Å². The van der Waals surface area contributed by atoms with Crippen molar-refractivity contribution >= 4 is 45.7 Å². The monoisotopic (exact) mass is 298 g/mol. The van der Waals surface area contributed by atoms with E-state index in [4.69, 9.17) is 34.8 Å². The van der Waals surface area contributed by atoms with Crippen LogP contribution in [0.3, 0.4) is 0 Å². The summed E-state index contributed by atoms with van der Waals surface area (Å²) in [6.45, 7) is 0. The van der Waals surface area contributed by atoms with Gasteiger partial charge in [0.05, 0.1) is 21.2 Å². The molecule has 7 heteroatoms. The summed E-state index contributed by atoms with van der Waals surface area (Å²) in [6, 6.07) is 5.11. The average molecular weight is 300 g/mol. The molecule has 2 heterocycles. The second-order valence-corrected chi connectivity index (χ2v) is 4.73. The van der Waals surface area contributed by atoms with Gasteiger partial charge in [-0.1, -0.05) is 34.8 Å². The maximum absolute atomic E-state index is 6.22. The molecule has 0 unspecified atom stereocenters. The third-order valence-corrected chi connectivity index (χ3v) is 3.48. The van der Waals surface area contributed by atoms with E-state index in [1.165, 1.54) is 6.33 Å². The highest BCUT2D eigenvalue weighted by atomic mass is 35.5. The Morgan fingerprint density at radius 2 is 1.94 bits per heavy atom. The molecule has 0 bridgehead atoms. The molecule has 0 spiro atoms. The number of aromatic nitrogens is 4. The summed E-state index contributed by atoms with van der Waals surface area (Å²) in [7, 11) is 0. The minimum absolute atomic E-state index is 0.353. The zero-order valence-corrected chi connectivity index (χ0v) is 11.1. The van der Waals surface area contributed by atoms with Crippen LogP contribution >= 0.6 is 34.8 Å². The molecule has 90 valence electrons. The van der Waals surface area contributed by atoms with Gasteiger partial charge in [-0.25, -0.2) is 14.6 Å². The number of halogens is 3. The molecule has 1 aromatic carbocycles. The quantitative estimate of drug-likeness (QED) is 0.642. The topological polar surface area (TPSA) is 43.6 Å². The van der Waals surface area contributed by atoms with Gasteiger partial charge in [-0.05, 0) is 12.1 Å². The Morgan fingerprint density at radius 1 is 1.11 bits per heavy atom. The van der Waals surface area contributed by atoms with Crippen molar-refractivity contribution in [3.05, 3.63) is 46.1 Å². The Labute approximate surface area is 117 Å². The normalized spacial score (nSPS) is 11.1. The first-order valence-electron chi connectivity index (χ1n) is 4.96. The van der Waals surface area contributed by atoms with E-state index in [0.29, 0.717) is 31.8 Å². The summed E-state index contributed by atoms with van der Waals surface area (Å²) in [5, 5.41) is 5.99. The van der Waals surface area contributed by atoms with E-state index < -0.39 is 0 Å². The zero-order valence-electron chi connectivity index (χ0n) is 8.81. The van der Waals surface area contributed by atoms with Gasteiger partial charge in [0, 0.05) is 11.5 Å². The van der Waals surface area contributed by atoms with Gasteiger partial charge in [0.2, 0.25) is 0 Å². The van der Waals surface area contributed by atoms with Crippen molar-refractivity contribution in [2.45, 2.75) is 0 Å². The van der Waals surface area contributed by atoms with Crippen LogP contribution in [0, 0.1) is 0 Å². The van der Waals surface area contributed by atoms with E-state index in [2.05, 4.69) is 15.1 Å². The van der Waals surface area contributed by atoms with Crippen LogP contribution in [0.25, 0.3) is 16.6 Å². The molecule has 0 aliphatic heterocycles. The molecule has 0 radical (unpaired) electrons. The van der Waals surface area contributed by atoms with Crippen LogP contribution in [0.5, 0.6) is 0 Å². The second-order valence-electron chi connectivity index (χ2n) is 3.56. The Morgan fingerprint density at radius 3 is 2.67 bits per heavy atom. The molecule has 0 saturated carbocycles. The molecule has 3 aromatic rings. The first-order valence-corrected chi connectivity index (χ1v) is 6.09. The molecule has 4 nitrogen and oxygen atoms in total. The van der Waals surface area contributed by atoms with Gasteiger partial charge in [-0.15, -0.1) is 0 Å². The zero-order chi connectivity index (χ0) is 12.7. The van der Waals surface area contributed by atoms with E-state index in [9.17, 15) is 0 Å². The largest absolute Gasteiger partial charge is 0.236 e. The average Bonchev–Trinajstić information content (AvgIpc) is 2.86. The Bertz CT molecular complexity index is 725. The van der Waals surface area contributed by atoms with Crippen molar-refractivity contribution in [2.75, 3.05) is 0 Å². The van der Waals surface area contributed by atoms with Gasteiger partial charge in [0.15, 0.2) is 0 Å². The predicted octanol–water partition coefficient (Wildman–Crippen LogP) is 3.78. The second kappa shape index (κ2) is 4.39. The van der Waals surface area contributed by atoms with Crippen molar-refractivity contribution in [3.63, 3.8) is 0 Å². The van der Waals surface area contributed by atoms with Gasteiger partial charge >= 0.3 is 0 Å². The lowest BCUT2D eigenvalue weighted by molar-refractivity contribution is 0.885. The lowest BCUT2D eigenvalue weighted by Crippen LogP contribution is -1.98. The molecule has 0 saturated heterocycles. The van der Waals surface area contributed by atoms with Crippen LogP contribution in [0.2, 0.25) is 15.2 Å². The van der Waals surface area contributed by atoms with Crippen LogP contribution in [-0.4, -0.2) is 19.7 Å².